The Hall–Kier alpha value is -3.15. The maximum Gasteiger partial charge on any atom is 0.306 e. The third-order valence-corrected chi connectivity index (χ3v) is 14.4. The van der Waals surface area contributed by atoms with Crippen LogP contribution in [0.3, 0.4) is 0 Å². The van der Waals surface area contributed by atoms with E-state index in [0.717, 1.165) is 103 Å². The maximum atomic E-state index is 12.9. The number of rotatable bonds is 60. The number of carbonyl (C=O) groups is 3. The van der Waals surface area contributed by atoms with Gasteiger partial charge in [-0.1, -0.05) is 299 Å². The van der Waals surface area contributed by atoms with E-state index in [1.54, 1.807) is 0 Å². The van der Waals surface area contributed by atoms with Crippen molar-refractivity contribution in [3.8, 4) is 0 Å². The second-order valence-electron chi connectivity index (χ2n) is 22.0. The summed E-state index contributed by atoms with van der Waals surface area (Å²) in [5, 5.41) is 0. The van der Waals surface area contributed by atoms with Crippen LogP contribution in [0, 0.1) is 0 Å². The fraction of sp³-hybridized carbons (Fsp3) is 0.786. The molecule has 1 unspecified atom stereocenters. The lowest BCUT2D eigenvalue weighted by Crippen LogP contribution is -2.30. The van der Waals surface area contributed by atoms with E-state index in [9.17, 15) is 14.4 Å². The summed E-state index contributed by atoms with van der Waals surface area (Å²) < 4.78 is 16.9. The molecule has 440 valence electrons. The number of unbranched alkanes of at least 4 members (excludes halogenated alkanes) is 37. The predicted octanol–water partition coefficient (Wildman–Crippen LogP) is 22.5. The fourth-order valence-corrected chi connectivity index (χ4v) is 9.53. The minimum Gasteiger partial charge on any atom is -0.462 e. The minimum absolute atomic E-state index is 0.0777. The number of esters is 3. The summed E-state index contributed by atoms with van der Waals surface area (Å²) in [4.78, 5) is 38.2. The first kappa shape index (κ1) is 72.8. The summed E-state index contributed by atoms with van der Waals surface area (Å²) in [7, 11) is 0. The molecule has 0 saturated heterocycles. The topological polar surface area (TPSA) is 78.9 Å². The van der Waals surface area contributed by atoms with Crippen LogP contribution in [0.5, 0.6) is 0 Å². The van der Waals surface area contributed by atoms with Crippen LogP contribution in [-0.4, -0.2) is 37.2 Å². The van der Waals surface area contributed by atoms with Gasteiger partial charge in [-0.25, -0.2) is 0 Å². The maximum absolute atomic E-state index is 12.9. The summed E-state index contributed by atoms with van der Waals surface area (Å²) in [5.74, 6) is -0.878. The van der Waals surface area contributed by atoms with Gasteiger partial charge < -0.3 is 14.2 Å². The number of allylic oxidation sites excluding steroid dienone is 12. The molecule has 76 heavy (non-hydrogen) atoms. The van der Waals surface area contributed by atoms with Crippen molar-refractivity contribution in [2.24, 2.45) is 0 Å². The van der Waals surface area contributed by atoms with E-state index < -0.39 is 6.10 Å². The Morgan fingerprint density at radius 1 is 0.276 bits per heavy atom. The Morgan fingerprint density at radius 2 is 0.513 bits per heavy atom. The Balaban J connectivity index is 4.17. The van der Waals surface area contributed by atoms with Crippen molar-refractivity contribution >= 4 is 17.9 Å². The molecule has 0 N–H and O–H groups in total. The molecule has 0 rings (SSSR count). The molecule has 0 amide bonds. The van der Waals surface area contributed by atoms with E-state index in [1.807, 2.05) is 0 Å². The Labute approximate surface area is 472 Å². The monoisotopic (exact) mass is 1060 g/mol. The number of ether oxygens (including phenoxy) is 3. The highest BCUT2D eigenvalue weighted by Crippen LogP contribution is 2.17. The second-order valence-corrected chi connectivity index (χ2v) is 22.0. The van der Waals surface area contributed by atoms with E-state index in [4.69, 9.17) is 14.2 Å². The molecule has 0 aromatic rings. The first-order valence-corrected chi connectivity index (χ1v) is 32.9. The molecule has 1 atom stereocenters. The van der Waals surface area contributed by atoms with Crippen LogP contribution in [0.15, 0.2) is 72.9 Å². The number of hydrogen-bond donors (Lipinski definition) is 0. The second kappa shape index (κ2) is 64.4. The van der Waals surface area contributed by atoms with Crippen LogP contribution in [0.1, 0.15) is 335 Å². The van der Waals surface area contributed by atoms with Gasteiger partial charge in [-0.2, -0.15) is 0 Å². The summed E-state index contributed by atoms with van der Waals surface area (Å²) >= 11 is 0. The summed E-state index contributed by atoms with van der Waals surface area (Å²) in [6.07, 6.45) is 83.6. The lowest BCUT2D eigenvalue weighted by atomic mass is 10.0. The van der Waals surface area contributed by atoms with Gasteiger partial charge in [-0.3, -0.25) is 14.4 Å². The molecule has 0 aliphatic heterocycles. The molecular formula is C70H124O6. The average Bonchev–Trinajstić information content (AvgIpc) is 3.42. The number of carbonyl (C=O) groups excluding carboxylic acids is 3. The number of hydrogen-bond acceptors (Lipinski definition) is 6. The lowest BCUT2D eigenvalue weighted by Gasteiger charge is -2.18. The van der Waals surface area contributed by atoms with E-state index in [2.05, 4.69) is 93.7 Å². The molecule has 0 heterocycles. The van der Waals surface area contributed by atoms with Crippen LogP contribution in [-0.2, 0) is 28.6 Å². The van der Waals surface area contributed by atoms with Crippen molar-refractivity contribution in [1.82, 2.24) is 0 Å². The predicted molar refractivity (Wildman–Crippen MR) is 330 cm³/mol. The molecule has 0 bridgehead atoms. The molecule has 0 saturated carbocycles. The molecule has 6 heteroatoms. The van der Waals surface area contributed by atoms with E-state index in [1.165, 1.54) is 193 Å². The van der Waals surface area contributed by atoms with E-state index in [-0.39, 0.29) is 31.1 Å². The molecule has 6 nitrogen and oxygen atoms in total. The van der Waals surface area contributed by atoms with E-state index in [0.29, 0.717) is 19.3 Å². The Morgan fingerprint density at radius 3 is 0.803 bits per heavy atom. The molecule has 0 aromatic carbocycles. The van der Waals surface area contributed by atoms with Crippen molar-refractivity contribution < 1.29 is 28.6 Å². The zero-order valence-electron chi connectivity index (χ0n) is 50.5. The average molecular weight is 1060 g/mol. The molecule has 0 fully saturated rings. The van der Waals surface area contributed by atoms with Crippen molar-refractivity contribution in [1.29, 1.82) is 0 Å². The van der Waals surface area contributed by atoms with Crippen molar-refractivity contribution in [2.75, 3.05) is 13.2 Å². The SMILES string of the molecule is CC/C=C\C/C=C\C/C=C\C/C=C\CCCCCCCCC(=O)OC(COC(=O)CCCCCCCCCCCC)COC(=O)CCCCCCCCCCCCCCCCCCC/C=C\C/C=C\CCCCCCC. The van der Waals surface area contributed by atoms with Gasteiger partial charge in [0.1, 0.15) is 13.2 Å². The molecule has 0 spiro atoms. The smallest absolute Gasteiger partial charge is 0.306 e. The van der Waals surface area contributed by atoms with E-state index >= 15 is 0 Å². The van der Waals surface area contributed by atoms with Gasteiger partial charge in [0.05, 0.1) is 0 Å². The first-order valence-electron chi connectivity index (χ1n) is 32.9. The van der Waals surface area contributed by atoms with Gasteiger partial charge in [-0.15, -0.1) is 0 Å². The van der Waals surface area contributed by atoms with Gasteiger partial charge in [0.15, 0.2) is 6.10 Å². The normalized spacial score (nSPS) is 12.5. The quantitative estimate of drug-likeness (QED) is 0.0261. The summed E-state index contributed by atoms with van der Waals surface area (Å²) in [5.41, 5.74) is 0. The standard InChI is InChI=1S/C70H124O6/c1-4-7-10-13-16-19-22-24-26-28-30-31-32-33-34-35-36-37-38-39-41-42-44-46-48-51-54-57-60-63-69(72)75-66-67(65-74-68(71)62-59-56-53-50-21-18-15-12-9-6-3)76-70(73)64-61-58-55-52-49-47-45-43-40-29-27-25-23-20-17-14-11-8-5-2/h8,11,17,20,22,24-25,27-28,30,40,43,67H,4-7,9-10,12-16,18-19,21,23,26,29,31-39,41-42,44-66H2,1-3H3/b11-8-,20-17-,24-22-,27-25-,30-28-,43-40-. The van der Waals surface area contributed by atoms with Crippen molar-refractivity contribution in [3.05, 3.63) is 72.9 Å². The summed E-state index contributed by atoms with van der Waals surface area (Å²) in [6.45, 7) is 6.53. The highest BCUT2D eigenvalue weighted by molar-refractivity contribution is 5.71. The molecular weight excluding hydrogens is 937 g/mol. The molecule has 0 aliphatic rings. The van der Waals surface area contributed by atoms with Crippen LogP contribution in [0.2, 0.25) is 0 Å². The van der Waals surface area contributed by atoms with Crippen LogP contribution in [0.25, 0.3) is 0 Å². The molecule has 0 aliphatic carbocycles. The van der Waals surface area contributed by atoms with Gasteiger partial charge in [0.25, 0.3) is 0 Å². The van der Waals surface area contributed by atoms with Crippen molar-refractivity contribution in [2.45, 2.75) is 341 Å². The summed E-state index contributed by atoms with van der Waals surface area (Å²) in [6, 6.07) is 0. The zero-order valence-corrected chi connectivity index (χ0v) is 50.5. The molecule has 0 aromatic heterocycles. The third kappa shape index (κ3) is 61.7. The largest absolute Gasteiger partial charge is 0.462 e. The van der Waals surface area contributed by atoms with Crippen LogP contribution >= 0.6 is 0 Å². The molecule has 0 radical (unpaired) electrons. The van der Waals surface area contributed by atoms with Crippen LogP contribution in [0.4, 0.5) is 0 Å². The highest BCUT2D eigenvalue weighted by atomic mass is 16.6. The third-order valence-electron chi connectivity index (χ3n) is 14.4. The van der Waals surface area contributed by atoms with Crippen LogP contribution < -0.4 is 0 Å². The van der Waals surface area contributed by atoms with Gasteiger partial charge in [-0.05, 0) is 89.9 Å². The highest BCUT2D eigenvalue weighted by Gasteiger charge is 2.19. The Bertz CT molecular complexity index is 1400. The van der Waals surface area contributed by atoms with Crippen molar-refractivity contribution in [3.63, 3.8) is 0 Å². The Kier molecular flexibility index (Phi) is 61.7. The first-order chi connectivity index (χ1) is 37.5. The van der Waals surface area contributed by atoms with Gasteiger partial charge in [0, 0.05) is 19.3 Å². The lowest BCUT2D eigenvalue weighted by molar-refractivity contribution is -0.167. The fourth-order valence-electron chi connectivity index (χ4n) is 9.53. The minimum atomic E-state index is -0.781. The van der Waals surface area contributed by atoms with Gasteiger partial charge >= 0.3 is 17.9 Å². The zero-order chi connectivity index (χ0) is 55.0. The van der Waals surface area contributed by atoms with Gasteiger partial charge in [0.2, 0.25) is 0 Å².